The van der Waals surface area contributed by atoms with Crippen molar-refractivity contribution in [2.75, 3.05) is 25.1 Å². The SMILES string of the molecule is CSc1ccccc1S(=O)(=O)Nc1cc(S(=O)(=O)N(C)C)ccc1Cl. The summed E-state index contributed by atoms with van der Waals surface area (Å²) in [5.74, 6) is 0. The van der Waals surface area contributed by atoms with Gasteiger partial charge in [0.05, 0.1) is 15.6 Å². The third kappa shape index (κ3) is 4.29. The predicted octanol–water partition coefficient (Wildman–Crippen LogP) is 3.11. The van der Waals surface area contributed by atoms with Gasteiger partial charge >= 0.3 is 0 Å². The highest BCUT2D eigenvalue weighted by atomic mass is 35.5. The van der Waals surface area contributed by atoms with Crippen LogP contribution in [0.3, 0.4) is 0 Å². The monoisotopic (exact) mass is 420 g/mol. The highest BCUT2D eigenvalue weighted by molar-refractivity contribution is 7.99. The summed E-state index contributed by atoms with van der Waals surface area (Å²) in [5, 5.41) is 0.0999. The maximum atomic E-state index is 12.7. The van der Waals surface area contributed by atoms with Crippen molar-refractivity contribution in [2.45, 2.75) is 14.7 Å². The number of nitrogens with one attached hydrogen (secondary N) is 1. The molecule has 0 saturated carbocycles. The van der Waals surface area contributed by atoms with Gasteiger partial charge < -0.3 is 0 Å². The van der Waals surface area contributed by atoms with Crippen LogP contribution in [0.4, 0.5) is 5.69 Å². The van der Waals surface area contributed by atoms with Crippen LogP contribution in [-0.2, 0) is 20.0 Å². The Kier molecular flexibility index (Phi) is 6.05. The number of hydrogen-bond acceptors (Lipinski definition) is 5. The zero-order valence-electron chi connectivity index (χ0n) is 13.7. The number of benzene rings is 2. The normalized spacial score (nSPS) is 12.4. The second-order valence-corrected chi connectivity index (χ2v) is 10.2. The molecule has 0 unspecified atom stereocenters. The van der Waals surface area contributed by atoms with Gasteiger partial charge in [0, 0.05) is 19.0 Å². The molecular formula is C15H17ClN2O4S3. The maximum absolute atomic E-state index is 12.7. The Labute approximate surface area is 157 Å². The predicted molar refractivity (Wildman–Crippen MR) is 101 cm³/mol. The number of rotatable bonds is 6. The summed E-state index contributed by atoms with van der Waals surface area (Å²) < 4.78 is 53.3. The summed E-state index contributed by atoms with van der Waals surface area (Å²) in [6.07, 6.45) is 1.77. The van der Waals surface area contributed by atoms with Crippen molar-refractivity contribution in [3.05, 3.63) is 47.5 Å². The van der Waals surface area contributed by atoms with Crippen LogP contribution in [0.25, 0.3) is 0 Å². The molecule has 136 valence electrons. The molecule has 0 bridgehead atoms. The summed E-state index contributed by atoms with van der Waals surface area (Å²) in [7, 11) is -4.86. The van der Waals surface area contributed by atoms with E-state index in [9.17, 15) is 16.8 Å². The molecule has 0 aliphatic carbocycles. The first kappa shape index (κ1) is 20.1. The molecule has 0 aliphatic rings. The lowest BCUT2D eigenvalue weighted by Crippen LogP contribution is -2.22. The number of thioether (sulfide) groups is 1. The Bertz CT molecular complexity index is 990. The fourth-order valence-corrected chi connectivity index (χ4v) is 5.37. The molecule has 1 N–H and O–H groups in total. The molecule has 10 heteroatoms. The van der Waals surface area contributed by atoms with Crippen molar-refractivity contribution in [1.29, 1.82) is 0 Å². The number of halogens is 1. The van der Waals surface area contributed by atoms with Gasteiger partial charge in [-0.05, 0) is 36.6 Å². The van der Waals surface area contributed by atoms with E-state index >= 15 is 0 Å². The van der Waals surface area contributed by atoms with E-state index in [2.05, 4.69) is 4.72 Å². The van der Waals surface area contributed by atoms with Crippen molar-refractivity contribution >= 4 is 49.1 Å². The molecule has 6 nitrogen and oxygen atoms in total. The molecule has 2 aromatic carbocycles. The highest BCUT2D eigenvalue weighted by Crippen LogP contribution is 2.31. The zero-order valence-corrected chi connectivity index (χ0v) is 16.9. The Hall–Kier alpha value is -1.26. The maximum Gasteiger partial charge on any atom is 0.263 e. The van der Waals surface area contributed by atoms with E-state index < -0.39 is 20.0 Å². The minimum absolute atomic E-state index is 0.000461. The van der Waals surface area contributed by atoms with Crippen LogP contribution < -0.4 is 4.72 Å². The summed E-state index contributed by atoms with van der Waals surface area (Å²) in [6, 6.07) is 10.4. The summed E-state index contributed by atoms with van der Waals surface area (Å²) in [5.41, 5.74) is 0.000461. The fourth-order valence-electron chi connectivity index (χ4n) is 1.99. The third-order valence-corrected chi connectivity index (χ3v) is 7.81. The molecule has 0 aromatic heterocycles. The minimum Gasteiger partial charge on any atom is -0.278 e. The van der Waals surface area contributed by atoms with Crippen LogP contribution in [0, 0.1) is 0 Å². The van der Waals surface area contributed by atoms with Gasteiger partial charge in [-0.2, -0.15) is 0 Å². The van der Waals surface area contributed by atoms with Gasteiger partial charge in [0.1, 0.15) is 4.90 Å². The van der Waals surface area contributed by atoms with Crippen LogP contribution >= 0.6 is 23.4 Å². The molecule has 0 heterocycles. The van der Waals surface area contributed by atoms with Crippen LogP contribution in [0.1, 0.15) is 0 Å². The first-order valence-corrected chi connectivity index (χ1v) is 11.5. The van der Waals surface area contributed by atoms with Gasteiger partial charge in [-0.25, -0.2) is 21.1 Å². The molecule has 0 amide bonds. The number of hydrogen-bond donors (Lipinski definition) is 1. The van der Waals surface area contributed by atoms with E-state index in [0.29, 0.717) is 4.90 Å². The van der Waals surface area contributed by atoms with Crippen molar-refractivity contribution < 1.29 is 16.8 Å². The molecule has 0 aliphatic heterocycles. The second kappa shape index (κ2) is 7.55. The standard InChI is InChI=1S/C15H17ClN2O4S3/c1-18(2)25(21,22)11-8-9-12(16)13(10-11)17-24(19,20)15-7-5-4-6-14(15)23-3/h4-10,17H,1-3H3. The molecule has 2 aromatic rings. The van der Waals surface area contributed by atoms with Gasteiger partial charge in [-0.1, -0.05) is 23.7 Å². The van der Waals surface area contributed by atoms with Crippen LogP contribution in [-0.4, -0.2) is 41.5 Å². The van der Waals surface area contributed by atoms with Crippen molar-refractivity contribution in [2.24, 2.45) is 0 Å². The van der Waals surface area contributed by atoms with Gasteiger partial charge in [0.15, 0.2) is 0 Å². The number of anilines is 1. The third-order valence-electron chi connectivity index (χ3n) is 3.32. The Morgan fingerprint density at radius 3 is 2.28 bits per heavy atom. The Morgan fingerprint density at radius 2 is 1.68 bits per heavy atom. The fraction of sp³-hybridized carbons (Fsp3) is 0.200. The number of nitrogens with zero attached hydrogens (tertiary/aromatic N) is 1. The smallest absolute Gasteiger partial charge is 0.263 e. The van der Waals surface area contributed by atoms with E-state index in [4.69, 9.17) is 11.6 Å². The Morgan fingerprint density at radius 1 is 1.04 bits per heavy atom. The van der Waals surface area contributed by atoms with E-state index in [0.717, 1.165) is 4.31 Å². The first-order chi connectivity index (χ1) is 11.6. The van der Waals surface area contributed by atoms with E-state index in [1.165, 1.54) is 50.1 Å². The molecule has 0 saturated heterocycles. The first-order valence-electron chi connectivity index (χ1n) is 6.97. The molecule has 0 radical (unpaired) electrons. The van der Waals surface area contributed by atoms with E-state index in [1.54, 1.807) is 24.5 Å². The average Bonchev–Trinajstić information content (AvgIpc) is 2.56. The second-order valence-electron chi connectivity index (χ2n) is 5.19. The molecular weight excluding hydrogens is 404 g/mol. The van der Waals surface area contributed by atoms with Crippen molar-refractivity contribution in [1.82, 2.24) is 4.31 Å². The lowest BCUT2D eigenvalue weighted by atomic mass is 10.3. The lowest BCUT2D eigenvalue weighted by molar-refractivity contribution is 0.521. The Balaban J connectivity index is 2.50. The van der Waals surface area contributed by atoms with Gasteiger partial charge in [0.25, 0.3) is 10.0 Å². The molecule has 25 heavy (non-hydrogen) atoms. The van der Waals surface area contributed by atoms with Gasteiger partial charge in [-0.15, -0.1) is 11.8 Å². The average molecular weight is 421 g/mol. The topological polar surface area (TPSA) is 83.5 Å². The van der Waals surface area contributed by atoms with Crippen molar-refractivity contribution in [3.63, 3.8) is 0 Å². The van der Waals surface area contributed by atoms with Crippen LogP contribution in [0.2, 0.25) is 5.02 Å². The van der Waals surface area contributed by atoms with Crippen molar-refractivity contribution in [3.8, 4) is 0 Å². The molecule has 2 rings (SSSR count). The molecule has 0 atom stereocenters. The summed E-state index contributed by atoms with van der Waals surface area (Å²) in [6.45, 7) is 0. The highest BCUT2D eigenvalue weighted by Gasteiger charge is 2.22. The largest absolute Gasteiger partial charge is 0.278 e. The quantitative estimate of drug-likeness (QED) is 0.726. The van der Waals surface area contributed by atoms with E-state index in [-0.39, 0.29) is 20.5 Å². The molecule has 0 fully saturated rings. The summed E-state index contributed by atoms with van der Waals surface area (Å²) in [4.78, 5) is 0.611. The van der Waals surface area contributed by atoms with Crippen LogP contribution in [0.15, 0.2) is 57.2 Å². The van der Waals surface area contributed by atoms with Gasteiger partial charge in [0.2, 0.25) is 10.0 Å². The number of sulfonamides is 2. The van der Waals surface area contributed by atoms with Crippen LogP contribution in [0.5, 0.6) is 0 Å². The lowest BCUT2D eigenvalue weighted by Gasteiger charge is -2.15. The minimum atomic E-state index is -3.92. The molecule has 0 spiro atoms. The summed E-state index contributed by atoms with van der Waals surface area (Å²) >= 11 is 7.35. The van der Waals surface area contributed by atoms with E-state index in [1.807, 2.05) is 0 Å². The zero-order chi connectivity index (χ0) is 18.8. The van der Waals surface area contributed by atoms with Gasteiger partial charge in [-0.3, -0.25) is 4.72 Å².